The zero-order chi connectivity index (χ0) is 11.5. The Labute approximate surface area is 95.9 Å². The second-order valence-electron chi connectivity index (χ2n) is 4.44. The number of pyridine rings is 1. The van der Waals surface area contributed by atoms with Gasteiger partial charge in [0.05, 0.1) is 0 Å². The molecule has 0 saturated carbocycles. The molecule has 1 N–H and O–H groups in total. The van der Waals surface area contributed by atoms with E-state index in [4.69, 9.17) is 0 Å². The number of hydrogen-bond acceptors (Lipinski definition) is 3. The van der Waals surface area contributed by atoms with Gasteiger partial charge in [0.1, 0.15) is 5.69 Å². The summed E-state index contributed by atoms with van der Waals surface area (Å²) in [5.74, 6) is 0. The van der Waals surface area contributed by atoms with Crippen LogP contribution in [0.1, 0.15) is 19.9 Å². The summed E-state index contributed by atoms with van der Waals surface area (Å²) in [6, 6.07) is 4.10. The van der Waals surface area contributed by atoms with E-state index in [1.165, 1.54) is 0 Å². The molecule has 1 aliphatic rings. The molecule has 1 aromatic rings. The summed E-state index contributed by atoms with van der Waals surface area (Å²) < 4.78 is 1.79. The average Bonchev–Trinajstić information content (AvgIpc) is 2.30. The zero-order valence-corrected chi connectivity index (χ0v) is 9.94. The van der Waals surface area contributed by atoms with Gasteiger partial charge in [0.25, 0.3) is 5.56 Å². The molecule has 0 radical (unpaired) electrons. The molecule has 1 aromatic heterocycles. The number of nitrogens with one attached hydrogen (secondary N) is 1. The lowest BCUT2D eigenvalue weighted by Crippen LogP contribution is -2.46. The van der Waals surface area contributed by atoms with Gasteiger partial charge in [-0.3, -0.25) is 4.79 Å². The van der Waals surface area contributed by atoms with Gasteiger partial charge in [0.2, 0.25) is 0 Å². The Bertz CT molecular complexity index is 405. The standard InChI is InChI=1S/C12H19N3O/c1-10(2)15-7-3-4-11(12(15)16)14-8-5-13-6-9-14/h3-4,7,10,13H,5-6,8-9H2,1-2H3. The molecule has 88 valence electrons. The third kappa shape index (κ3) is 2.11. The Morgan fingerprint density at radius 3 is 2.62 bits per heavy atom. The molecule has 1 aliphatic heterocycles. The maximum absolute atomic E-state index is 12.2. The average molecular weight is 221 g/mol. The van der Waals surface area contributed by atoms with Crippen LogP contribution in [0, 0.1) is 0 Å². The van der Waals surface area contributed by atoms with Gasteiger partial charge < -0.3 is 14.8 Å². The number of piperazine rings is 1. The first kappa shape index (κ1) is 11.2. The van der Waals surface area contributed by atoms with E-state index < -0.39 is 0 Å². The zero-order valence-electron chi connectivity index (χ0n) is 9.94. The van der Waals surface area contributed by atoms with Gasteiger partial charge in [-0.2, -0.15) is 0 Å². The third-order valence-corrected chi connectivity index (χ3v) is 2.97. The fourth-order valence-corrected chi connectivity index (χ4v) is 2.05. The molecule has 4 nitrogen and oxygen atoms in total. The van der Waals surface area contributed by atoms with E-state index >= 15 is 0 Å². The van der Waals surface area contributed by atoms with Crippen LogP contribution in [0.5, 0.6) is 0 Å². The Hall–Kier alpha value is -1.29. The normalized spacial score (nSPS) is 16.8. The molecule has 0 amide bonds. The van der Waals surface area contributed by atoms with Gasteiger partial charge in [-0.1, -0.05) is 0 Å². The highest BCUT2D eigenvalue weighted by atomic mass is 16.1. The predicted molar refractivity (Wildman–Crippen MR) is 66.2 cm³/mol. The lowest BCUT2D eigenvalue weighted by molar-refractivity contribution is 0.561. The van der Waals surface area contributed by atoms with Crippen LogP contribution in [0.25, 0.3) is 0 Å². The second-order valence-corrected chi connectivity index (χ2v) is 4.44. The molecular formula is C12H19N3O. The summed E-state index contributed by atoms with van der Waals surface area (Å²) in [6.07, 6.45) is 1.86. The van der Waals surface area contributed by atoms with E-state index in [0.717, 1.165) is 31.9 Å². The van der Waals surface area contributed by atoms with E-state index in [0.29, 0.717) is 0 Å². The van der Waals surface area contributed by atoms with Crippen LogP contribution >= 0.6 is 0 Å². The van der Waals surface area contributed by atoms with Crippen molar-refractivity contribution < 1.29 is 0 Å². The molecule has 0 aliphatic carbocycles. The Morgan fingerprint density at radius 1 is 1.31 bits per heavy atom. The van der Waals surface area contributed by atoms with Crippen molar-refractivity contribution in [3.8, 4) is 0 Å². The van der Waals surface area contributed by atoms with Crippen molar-refractivity contribution in [1.82, 2.24) is 9.88 Å². The topological polar surface area (TPSA) is 37.3 Å². The summed E-state index contributed by atoms with van der Waals surface area (Å²) in [5.41, 5.74) is 0.956. The first-order valence-electron chi connectivity index (χ1n) is 5.87. The van der Waals surface area contributed by atoms with Crippen molar-refractivity contribution in [1.29, 1.82) is 0 Å². The van der Waals surface area contributed by atoms with Gasteiger partial charge in [-0.25, -0.2) is 0 Å². The smallest absolute Gasteiger partial charge is 0.274 e. The maximum Gasteiger partial charge on any atom is 0.274 e. The Morgan fingerprint density at radius 2 is 2.00 bits per heavy atom. The number of rotatable bonds is 2. The summed E-state index contributed by atoms with van der Waals surface area (Å²) in [6.45, 7) is 7.80. The molecule has 2 rings (SSSR count). The molecule has 0 bridgehead atoms. The molecule has 1 saturated heterocycles. The van der Waals surface area contributed by atoms with Gasteiger partial charge in [-0.15, -0.1) is 0 Å². The van der Waals surface area contributed by atoms with E-state index in [1.807, 2.05) is 32.2 Å². The summed E-state index contributed by atoms with van der Waals surface area (Å²) in [7, 11) is 0. The fraction of sp³-hybridized carbons (Fsp3) is 0.583. The van der Waals surface area contributed by atoms with E-state index in [2.05, 4.69) is 10.2 Å². The molecular weight excluding hydrogens is 202 g/mol. The molecule has 0 aromatic carbocycles. The van der Waals surface area contributed by atoms with E-state index in [-0.39, 0.29) is 11.6 Å². The van der Waals surface area contributed by atoms with Crippen LogP contribution in [0.2, 0.25) is 0 Å². The van der Waals surface area contributed by atoms with Crippen LogP contribution in [-0.2, 0) is 0 Å². The van der Waals surface area contributed by atoms with Crippen molar-refractivity contribution in [2.45, 2.75) is 19.9 Å². The largest absolute Gasteiger partial charge is 0.365 e. The van der Waals surface area contributed by atoms with E-state index in [9.17, 15) is 4.79 Å². The van der Waals surface area contributed by atoms with Crippen LogP contribution in [0.4, 0.5) is 5.69 Å². The lowest BCUT2D eigenvalue weighted by atomic mass is 10.3. The minimum Gasteiger partial charge on any atom is -0.365 e. The highest BCUT2D eigenvalue weighted by molar-refractivity contribution is 5.44. The summed E-state index contributed by atoms with van der Waals surface area (Å²) >= 11 is 0. The SMILES string of the molecule is CC(C)n1cccc(N2CCNCC2)c1=O. The Balaban J connectivity index is 2.33. The number of hydrogen-bond donors (Lipinski definition) is 1. The first-order chi connectivity index (χ1) is 7.70. The van der Waals surface area contributed by atoms with Crippen molar-refractivity contribution in [2.24, 2.45) is 0 Å². The monoisotopic (exact) mass is 221 g/mol. The number of aromatic nitrogens is 1. The molecule has 0 atom stereocenters. The first-order valence-corrected chi connectivity index (χ1v) is 5.87. The molecule has 0 unspecified atom stereocenters. The van der Waals surface area contributed by atoms with Crippen molar-refractivity contribution in [3.63, 3.8) is 0 Å². The van der Waals surface area contributed by atoms with Gasteiger partial charge in [0, 0.05) is 38.4 Å². The number of nitrogens with zero attached hydrogens (tertiary/aromatic N) is 2. The van der Waals surface area contributed by atoms with E-state index in [1.54, 1.807) is 4.57 Å². The molecule has 1 fully saturated rings. The van der Waals surface area contributed by atoms with Crippen LogP contribution < -0.4 is 15.8 Å². The van der Waals surface area contributed by atoms with Crippen molar-refractivity contribution >= 4 is 5.69 Å². The van der Waals surface area contributed by atoms with Crippen LogP contribution in [-0.4, -0.2) is 30.7 Å². The summed E-state index contributed by atoms with van der Waals surface area (Å²) in [4.78, 5) is 14.4. The highest BCUT2D eigenvalue weighted by Gasteiger charge is 2.14. The van der Waals surface area contributed by atoms with Crippen LogP contribution in [0.15, 0.2) is 23.1 Å². The molecule has 4 heteroatoms. The molecule has 16 heavy (non-hydrogen) atoms. The van der Waals surface area contributed by atoms with Gasteiger partial charge in [0.15, 0.2) is 0 Å². The fourth-order valence-electron chi connectivity index (χ4n) is 2.05. The lowest BCUT2D eigenvalue weighted by Gasteiger charge is -2.29. The minimum atomic E-state index is 0.124. The minimum absolute atomic E-state index is 0.124. The summed E-state index contributed by atoms with van der Waals surface area (Å²) in [5, 5.41) is 3.29. The van der Waals surface area contributed by atoms with Crippen molar-refractivity contribution in [2.75, 3.05) is 31.1 Å². The van der Waals surface area contributed by atoms with Gasteiger partial charge in [-0.05, 0) is 26.0 Å². The third-order valence-electron chi connectivity index (χ3n) is 2.97. The Kier molecular flexibility index (Phi) is 3.29. The number of anilines is 1. The quantitative estimate of drug-likeness (QED) is 0.804. The second kappa shape index (κ2) is 4.70. The molecule has 0 spiro atoms. The maximum atomic E-state index is 12.2. The van der Waals surface area contributed by atoms with Crippen LogP contribution in [0.3, 0.4) is 0 Å². The van der Waals surface area contributed by atoms with Crippen molar-refractivity contribution in [3.05, 3.63) is 28.7 Å². The van der Waals surface area contributed by atoms with Gasteiger partial charge >= 0.3 is 0 Å². The predicted octanol–water partition coefficient (Wildman–Crippen LogP) is 0.839. The highest BCUT2D eigenvalue weighted by Crippen LogP contribution is 2.10. The molecule has 2 heterocycles.